The van der Waals surface area contributed by atoms with Crippen LogP contribution in [0, 0.1) is 6.92 Å². The van der Waals surface area contributed by atoms with E-state index in [0.29, 0.717) is 0 Å². The van der Waals surface area contributed by atoms with Crippen LogP contribution in [0.25, 0.3) is 32.7 Å². The smallest absolute Gasteiger partial charge is 0.00154 e. The molecule has 3 heteroatoms. The van der Waals surface area contributed by atoms with Gasteiger partial charge in [0.15, 0.2) is 0 Å². The predicted molar refractivity (Wildman–Crippen MR) is 200 cm³/mol. The van der Waals surface area contributed by atoms with Crippen LogP contribution >= 0.6 is 0 Å². The first kappa shape index (κ1) is 38.4. The van der Waals surface area contributed by atoms with E-state index in [-0.39, 0.29) is 67.4 Å². The van der Waals surface area contributed by atoms with Crippen molar-refractivity contribution in [1.29, 1.82) is 0 Å². The summed E-state index contributed by atoms with van der Waals surface area (Å²) >= 11 is 0. The van der Waals surface area contributed by atoms with E-state index in [1.165, 1.54) is 71.6 Å². The number of hydrogen-bond acceptors (Lipinski definition) is 0. The summed E-state index contributed by atoms with van der Waals surface area (Å²) in [6.45, 7) is 13.9. The molecule has 0 fully saturated rings. The molecule has 0 heterocycles. The third-order valence-corrected chi connectivity index (χ3v) is 9.73. The molecular formula is C46H43Cl2Hf-3. The Balaban J connectivity index is 0.00000180. The Morgan fingerprint density at radius 1 is 0.694 bits per heavy atom. The fourth-order valence-corrected chi connectivity index (χ4v) is 7.34. The summed E-state index contributed by atoms with van der Waals surface area (Å²) in [5.41, 5.74) is 11.7. The molecule has 6 aromatic rings. The molecule has 49 heavy (non-hydrogen) atoms. The topological polar surface area (TPSA) is 0 Å². The molecule has 1 unspecified atom stereocenters. The molecule has 0 saturated carbocycles. The van der Waals surface area contributed by atoms with Gasteiger partial charge in [0.05, 0.1) is 0 Å². The molecule has 7 rings (SSSR count). The van der Waals surface area contributed by atoms with Crippen molar-refractivity contribution < 1.29 is 50.7 Å². The minimum Gasteiger partial charge on any atom is -1.00 e. The molecule has 1 aliphatic carbocycles. The monoisotopic (exact) mass is 845 g/mol. The van der Waals surface area contributed by atoms with E-state index in [4.69, 9.17) is 0 Å². The van der Waals surface area contributed by atoms with E-state index < -0.39 is 0 Å². The third kappa shape index (κ3) is 7.56. The quantitative estimate of drug-likeness (QED) is 0.133. The Kier molecular flexibility index (Phi) is 12.0. The van der Waals surface area contributed by atoms with Gasteiger partial charge in [0.1, 0.15) is 0 Å². The summed E-state index contributed by atoms with van der Waals surface area (Å²) in [7, 11) is 0. The van der Waals surface area contributed by atoms with Gasteiger partial charge < -0.3 is 24.8 Å². The van der Waals surface area contributed by atoms with Gasteiger partial charge in [0.25, 0.3) is 0 Å². The zero-order valence-electron chi connectivity index (χ0n) is 29.2. The molecule has 0 saturated heterocycles. The van der Waals surface area contributed by atoms with E-state index in [9.17, 15) is 0 Å². The third-order valence-electron chi connectivity index (χ3n) is 9.73. The summed E-state index contributed by atoms with van der Waals surface area (Å²) in [5.74, 6) is 0.217. The van der Waals surface area contributed by atoms with E-state index in [0.717, 1.165) is 0 Å². The zero-order valence-corrected chi connectivity index (χ0v) is 34.3. The number of rotatable bonds is 6. The average Bonchev–Trinajstić information content (AvgIpc) is 3.68. The average molecular weight is 845 g/mol. The number of fused-ring (bicyclic) bond motifs is 3. The number of aryl methyl sites for hydroxylation is 1. The fraction of sp³-hybridized carbons (Fsp3) is 0.196. The van der Waals surface area contributed by atoms with Crippen LogP contribution in [0.2, 0.25) is 0 Å². The summed E-state index contributed by atoms with van der Waals surface area (Å²) in [6.07, 6.45) is 9.41. The molecule has 1 atom stereocenters. The van der Waals surface area contributed by atoms with Crippen molar-refractivity contribution in [3.63, 3.8) is 0 Å². The van der Waals surface area contributed by atoms with E-state index in [1.807, 2.05) is 0 Å². The van der Waals surface area contributed by atoms with Gasteiger partial charge in [-0.15, -0.1) is 33.7 Å². The van der Waals surface area contributed by atoms with Crippen LogP contribution in [0.1, 0.15) is 79.5 Å². The minimum absolute atomic E-state index is 0. The van der Waals surface area contributed by atoms with Gasteiger partial charge in [-0.2, -0.15) is 0 Å². The second kappa shape index (κ2) is 15.3. The summed E-state index contributed by atoms with van der Waals surface area (Å²) in [4.78, 5) is 0. The summed E-state index contributed by atoms with van der Waals surface area (Å²) < 4.78 is 0. The van der Waals surface area contributed by atoms with Crippen LogP contribution in [0.3, 0.4) is 0 Å². The van der Waals surface area contributed by atoms with Crippen molar-refractivity contribution in [3.05, 3.63) is 185 Å². The van der Waals surface area contributed by atoms with Gasteiger partial charge in [0.2, 0.25) is 0 Å². The van der Waals surface area contributed by atoms with E-state index >= 15 is 0 Å². The van der Waals surface area contributed by atoms with Crippen molar-refractivity contribution in [3.8, 4) is 0 Å². The Labute approximate surface area is 324 Å². The van der Waals surface area contributed by atoms with E-state index in [2.05, 4.69) is 187 Å². The molecule has 0 nitrogen and oxygen atoms in total. The van der Waals surface area contributed by atoms with Gasteiger partial charge in [0, 0.05) is 37.2 Å². The maximum Gasteiger partial charge on any atom is 0.00154 e. The van der Waals surface area contributed by atoms with Gasteiger partial charge >= 0.3 is 0 Å². The van der Waals surface area contributed by atoms with Crippen molar-refractivity contribution in [1.82, 2.24) is 0 Å². The molecule has 0 radical (unpaired) electrons. The summed E-state index contributed by atoms with van der Waals surface area (Å²) in [6, 6.07) is 44.9. The number of benzene rings is 5. The largest absolute Gasteiger partial charge is 1.00 e. The van der Waals surface area contributed by atoms with Crippen molar-refractivity contribution in [2.45, 2.75) is 58.3 Å². The normalized spacial score (nSPS) is 14.1. The number of halogens is 2. The minimum atomic E-state index is -0.187. The predicted octanol–water partition coefficient (Wildman–Crippen LogP) is 6.47. The van der Waals surface area contributed by atoms with Crippen molar-refractivity contribution >= 4 is 32.7 Å². The van der Waals surface area contributed by atoms with Crippen LogP contribution in [0.15, 0.2) is 146 Å². The Morgan fingerprint density at radius 2 is 1.33 bits per heavy atom. The molecule has 248 valence electrons. The fourth-order valence-electron chi connectivity index (χ4n) is 7.34. The van der Waals surface area contributed by atoms with Crippen LogP contribution in [-0.2, 0) is 36.7 Å². The maximum absolute atomic E-state index is 2.47. The van der Waals surface area contributed by atoms with Gasteiger partial charge in [-0.1, -0.05) is 190 Å². The Morgan fingerprint density at radius 3 is 1.94 bits per heavy atom. The molecule has 0 amide bonds. The molecule has 0 aliphatic heterocycles. The first-order valence-electron chi connectivity index (χ1n) is 16.6. The Bertz CT molecular complexity index is 2110. The molecule has 1 aliphatic rings. The second-order valence-electron chi connectivity index (χ2n) is 14.6. The molecule has 0 N–H and O–H groups in total. The van der Waals surface area contributed by atoms with Gasteiger partial charge in [-0.3, -0.25) is 0 Å². The maximum atomic E-state index is 2.47. The van der Waals surface area contributed by atoms with Crippen molar-refractivity contribution in [2.75, 3.05) is 0 Å². The first-order chi connectivity index (χ1) is 22.1. The molecule has 0 spiro atoms. The van der Waals surface area contributed by atoms with Crippen LogP contribution in [0.4, 0.5) is 0 Å². The zero-order chi connectivity index (χ0) is 32.1. The Hall–Kier alpha value is -3.36. The SMILES string of the molecule is Cc1cccc(C2=CC=CC2c2c(C(C)(C)C)ccc3c2[cH-]c2cc(C(C)(C)C=C(c4ccccc4)c4ccccc4)ccc23)c1.[Cl-].[Cl-].[Hf]. The van der Waals surface area contributed by atoms with Gasteiger partial charge in [-0.25, -0.2) is 0 Å². The van der Waals surface area contributed by atoms with Crippen LogP contribution in [0.5, 0.6) is 0 Å². The van der Waals surface area contributed by atoms with Gasteiger partial charge in [-0.05, 0) is 40.2 Å². The number of allylic oxidation sites excluding steroid dienone is 5. The standard InChI is InChI=1S/C46H43.2ClH.Hf/c1-31-15-13-20-34(27-31)37-21-14-22-40(37)44-41-29-35-28-36(23-24-38(35)39(41)25-26-43(44)45(2,3)4)46(5,6)30-42(32-16-9-7-10-17-32)33-18-11-8-12-19-33;;;/h7-30,40H,1-6H3;2*1H;/q-1;;;/p-2. The van der Waals surface area contributed by atoms with Crippen LogP contribution < -0.4 is 24.8 Å². The molecule has 0 bridgehead atoms. The van der Waals surface area contributed by atoms with Crippen LogP contribution in [-0.4, -0.2) is 0 Å². The van der Waals surface area contributed by atoms with E-state index in [1.54, 1.807) is 0 Å². The molecular weight excluding hydrogens is 802 g/mol. The molecule has 0 aromatic heterocycles. The first-order valence-corrected chi connectivity index (χ1v) is 16.6. The van der Waals surface area contributed by atoms with Crippen molar-refractivity contribution in [2.24, 2.45) is 0 Å². The second-order valence-corrected chi connectivity index (χ2v) is 14.6. The molecule has 6 aromatic carbocycles. The summed E-state index contributed by atoms with van der Waals surface area (Å²) in [5, 5.41) is 5.35. The number of hydrogen-bond donors (Lipinski definition) is 0.